The molecule has 0 aromatic heterocycles. The highest BCUT2D eigenvalue weighted by Crippen LogP contribution is 2.35. The van der Waals surface area contributed by atoms with Crippen molar-refractivity contribution >= 4 is 0 Å². The van der Waals surface area contributed by atoms with Gasteiger partial charge in [-0.3, -0.25) is 0 Å². The summed E-state index contributed by atoms with van der Waals surface area (Å²) >= 11 is 0. The molecule has 0 bridgehead atoms. The Kier molecular flexibility index (Phi) is 5.88. The van der Waals surface area contributed by atoms with E-state index >= 15 is 0 Å². The molecule has 0 saturated heterocycles. The number of nitrogens with zero attached hydrogens (tertiary/aromatic N) is 2. The number of rotatable bonds is 8. The highest BCUT2D eigenvalue weighted by atomic mass is 16.5. The summed E-state index contributed by atoms with van der Waals surface area (Å²) in [5.74, 6) is 2.29. The maximum Gasteiger partial charge on any atom is 0.119 e. The SMILES string of the molecule is COc1ccc(C2CN(C)Cc3cc(OCCCN(C)C4CC4)ccc32)cc1. The van der Waals surface area contributed by atoms with Crippen molar-refractivity contribution in [2.24, 2.45) is 0 Å². The van der Waals surface area contributed by atoms with E-state index in [1.165, 1.54) is 29.5 Å². The first kappa shape index (κ1) is 19.3. The Balaban J connectivity index is 1.42. The maximum absolute atomic E-state index is 6.07. The van der Waals surface area contributed by atoms with Crippen molar-refractivity contribution < 1.29 is 9.47 Å². The summed E-state index contributed by atoms with van der Waals surface area (Å²) in [7, 11) is 6.14. The fourth-order valence-electron chi connectivity index (χ4n) is 4.24. The zero-order valence-electron chi connectivity index (χ0n) is 17.4. The van der Waals surface area contributed by atoms with Gasteiger partial charge >= 0.3 is 0 Å². The Morgan fingerprint density at radius 2 is 1.82 bits per heavy atom. The summed E-state index contributed by atoms with van der Waals surface area (Å²) in [4.78, 5) is 4.86. The number of ether oxygens (including phenoxy) is 2. The minimum atomic E-state index is 0.390. The van der Waals surface area contributed by atoms with Gasteiger partial charge in [0, 0.05) is 31.6 Å². The molecule has 4 heteroatoms. The Morgan fingerprint density at radius 3 is 2.54 bits per heavy atom. The summed E-state index contributed by atoms with van der Waals surface area (Å²) in [5.41, 5.74) is 4.14. The Hall–Kier alpha value is -2.04. The van der Waals surface area contributed by atoms with Gasteiger partial charge in [0.25, 0.3) is 0 Å². The molecule has 2 aromatic rings. The smallest absolute Gasteiger partial charge is 0.119 e. The van der Waals surface area contributed by atoms with E-state index in [-0.39, 0.29) is 0 Å². The minimum Gasteiger partial charge on any atom is -0.497 e. The molecule has 2 aliphatic rings. The van der Waals surface area contributed by atoms with E-state index in [0.717, 1.165) is 50.2 Å². The Morgan fingerprint density at radius 1 is 1.07 bits per heavy atom. The van der Waals surface area contributed by atoms with Crippen LogP contribution in [-0.4, -0.2) is 56.7 Å². The third-order valence-electron chi connectivity index (χ3n) is 6.04. The number of methoxy groups -OCH3 is 1. The third-order valence-corrected chi connectivity index (χ3v) is 6.04. The maximum atomic E-state index is 6.07. The second-order valence-electron chi connectivity index (χ2n) is 8.30. The van der Waals surface area contributed by atoms with Crippen molar-refractivity contribution in [1.82, 2.24) is 9.80 Å². The van der Waals surface area contributed by atoms with Crippen LogP contribution in [0, 0.1) is 0 Å². The lowest BCUT2D eigenvalue weighted by Gasteiger charge is -2.33. The van der Waals surface area contributed by atoms with Gasteiger partial charge in [-0.05, 0) is 74.3 Å². The second kappa shape index (κ2) is 8.54. The lowest BCUT2D eigenvalue weighted by atomic mass is 9.84. The number of benzene rings is 2. The van der Waals surface area contributed by atoms with Gasteiger partial charge in [-0.2, -0.15) is 0 Å². The van der Waals surface area contributed by atoms with Crippen LogP contribution >= 0.6 is 0 Å². The average molecular weight is 381 g/mol. The fraction of sp³-hybridized carbons (Fsp3) is 0.500. The fourth-order valence-corrected chi connectivity index (χ4v) is 4.24. The first-order valence-corrected chi connectivity index (χ1v) is 10.4. The number of likely N-dealkylation sites (N-methyl/N-ethyl adjacent to an activating group) is 1. The van der Waals surface area contributed by atoms with E-state index < -0.39 is 0 Å². The normalized spacial score (nSPS) is 19.5. The van der Waals surface area contributed by atoms with Crippen LogP contribution in [0.15, 0.2) is 42.5 Å². The zero-order chi connectivity index (χ0) is 19.5. The lowest BCUT2D eigenvalue weighted by Crippen LogP contribution is -2.31. The number of fused-ring (bicyclic) bond motifs is 1. The van der Waals surface area contributed by atoms with Crippen molar-refractivity contribution in [2.75, 3.05) is 40.9 Å². The third kappa shape index (κ3) is 4.50. The van der Waals surface area contributed by atoms with Crippen molar-refractivity contribution in [3.63, 3.8) is 0 Å². The molecule has 1 aliphatic carbocycles. The molecule has 1 heterocycles. The molecule has 0 amide bonds. The first-order chi connectivity index (χ1) is 13.6. The standard InChI is InChI=1S/C24H32N2O2/c1-25-16-19-15-22(28-14-4-13-26(2)20-7-8-20)11-12-23(19)24(17-25)18-5-9-21(27-3)10-6-18/h5-6,9-12,15,20,24H,4,7-8,13-14,16-17H2,1-3H3. The lowest BCUT2D eigenvalue weighted by molar-refractivity contribution is 0.256. The number of hydrogen-bond donors (Lipinski definition) is 0. The number of hydrogen-bond acceptors (Lipinski definition) is 4. The largest absolute Gasteiger partial charge is 0.497 e. The van der Waals surface area contributed by atoms with Crippen LogP contribution in [0.5, 0.6) is 11.5 Å². The van der Waals surface area contributed by atoms with E-state index in [2.05, 4.69) is 66.4 Å². The zero-order valence-corrected chi connectivity index (χ0v) is 17.4. The van der Waals surface area contributed by atoms with Crippen LogP contribution in [0.3, 0.4) is 0 Å². The van der Waals surface area contributed by atoms with Crippen molar-refractivity contribution in [3.05, 3.63) is 59.2 Å². The van der Waals surface area contributed by atoms with Crippen LogP contribution in [-0.2, 0) is 6.54 Å². The molecule has 1 fully saturated rings. The first-order valence-electron chi connectivity index (χ1n) is 10.4. The van der Waals surface area contributed by atoms with Crippen LogP contribution in [0.1, 0.15) is 41.9 Å². The van der Waals surface area contributed by atoms with Gasteiger partial charge in [-0.15, -0.1) is 0 Å². The van der Waals surface area contributed by atoms with Crippen LogP contribution in [0.4, 0.5) is 0 Å². The van der Waals surface area contributed by atoms with Crippen LogP contribution in [0.2, 0.25) is 0 Å². The molecule has 0 radical (unpaired) electrons. The molecule has 4 rings (SSSR count). The molecule has 1 atom stereocenters. The molecule has 0 N–H and O–H groups in total. The molecule has 1 unspecified atom stereocenters. The Labute approximate surface area is 169 Å². The molecule has 2 aromatic carbocycles. The van der Waals surface area contributed by atoms with Crippen molar-refractivity contribution in [1.29, 1.82) is 0 Å². The molecule has 150 valence electrons. The van der Waals surface area contributed by atoms with E-state index in [9.17, 15) is 0 Å². The van der Waals surface area contributed by atoms with Gasteiger partial charge in [0.1, 0.15) is 11.5 Å². The molecule has 0 spiro atoms. The van der Waals surface area contributed by atoms with Gasteiger partial charge in [0.05, 0.1) is 13.7 Å². The summed E-state index contributed by atoms with van der Waals surface area (Å²) in [5, 5.41) is 0. The molecule has 1 saturated carbocycles. The highest BCUT2D eigenvalue weighted by Gasteiger charge is 2.26. The molecule has 28 heavy (non-hydrogen) atoms. The van der Waals surface area contributed by atoms with Crippen molar-refractivity contribution in [2.45, 2.75) is 37.8 Å². The molecular weight excluding hydrogens is 348 g/mol. The van der Waals surface area contributed by atoms with E-state index in [0.29, 0.717) is 5.92 Å². The molecule has 4 nitrogen and oxygen atoms in total. The van der Waals surface area contributed by atoms with Crippen molar-refractivity contribution in [3.8, 4) is 11.5 Å². The van der Waals surface area contributed by atoms with E-state index in [1.807, 2.05) is 0 Å². The second-order valence-corrected chi connectivity index (χ2v) is 8.30. The summed E-state index contributed by atoms with van der Waals surface area (Å²) in [6.45, 7) is 3.92. The summed E-state index contributed by atoms with van der Waals surface area (Å²) < 4.78 is 11.4. The van der Waals surface area contributed by atoms with Gasteiger partial charge in [0.2, 0.25) is 0 Å². The molecular formula is C24H32N2O2. The quantitative estimate of drug-likeness (QED) is 0.643. The summed E-state index contributed by atoms with van der Waals surface area (Å²) in [6.07, 6.45) is 3.81. The predicted octanol–water partition coefficient (Wildman–Crippen LogP) is 4.14. The summed E-state index contributed by atoms with van der Waals surface area (Å²) in [6, 6.07) is 16.0. The van der Waals surface area contributed by atoms with Crippen LogP contribution in [0.25, 0.3) is 0 Å². The Bertz CT molecular complexity index is 786. The predicted molar refractivity (Wildman–Crippen MR) is 113 cm³/mol. The van der Waals surface area contributed by atoms with Gasteiger partial charge in [0.15, 0.2) is 0 Å². The highest BCUT2D eigenvalue weighted by molar-refractivity contribution is 5.45. The minimum absolute atomic E-state index is 0.390. The monoisotopic (exact) mass is 380 g/mol. The van der Waals surface area contributed by atoms with E-state index in [1.54, 1.807) is 7.11 Å². The van der Waals surface area contributed by atoms with Gasteiger partial charge in [-0.1, -0.05) is 18.2 Å². The topological polar surface area (TPSA) is 24.9 Å². The van der Waals surface area contributed by atoms with Gasteiger partial charge < -0.3 is 19.3 Å². The van der Waals surface area contributed by atoms with Gasteiger partial charge in [-0.25, -0.2) is 0 Å². The molecule has 1 aliphatic heterocycles. The van der Waals surface area contributed by atoms with Crippen LogP contribution < -0.4 is 9.47 Å². The van der Waals surface area contributed by atoms with E-state index in [4.69, 9.17) is 9.47 Å². The average Bonchev–Trinajstić information content (AvgIpc) is 3.55.